The molecule has 4 aliphatic carbocycles. The van der Waals surface area contributed by atoms with E-state index in [0.717, 1.165) is 12.8 Å². The van der Waals surface area contributed by atoms with E-state index in [0.29, 0.717) is 5.92 Å². The number of benzene rings is 7. The highest BCUT2D eigenvalue weighted by molar-refractivity contribution is 7.25. The average molecular weight is 1040 g/mol. The van der Waals surface area contributed by atoms with Crippen LogP contribution in [0, 0.1) is 5.92 Å². The maximum Gasteiger partial charge on any atom is 0.252 e. The van der Waals surface area contributed by atoms with Crippen molar-refractivity contribution in [2.45, 2.75) is 155 Å². The van der Waals surface area contributed by atoms with Crippen molar-refractivity contribution in [3.8, 4) is 0 Å². The van der Waals surface area contributed by atoms with Crippen LogP contribution in [0.15, 0.2) is 163 Å². The number of nitrogens with zero attached hydrogens (tertiary/aromatic N) is 3. The van der Waals surface area contributed by atoms with Crippen LogP contribution in [0.5, 0.6) is 0 Å². The second-order valence-electron chi connectivity index (χ2n) is 28.7. The molecule has 0 saturated heterocycles. The predicted octanol–water partition coefficient (Wildman–Crippen LogP) is 18.6. The molecule has 2 aliphatic heterocycles. The predicted molar refractivity (Wildman–Crippen MR) is 339 cm³/mol. The minimum Gasteiger partial charge on any atom is -0.313 e. The van der Waals surface area contributed by atoms with E-state index in [1.54, 1.807) is 0 Å². The molecule has 0 saturated carbocycles. The Balaban J connectivity index is 1.09. The van der Waals surface area contributed by atoms with Crippen LogP contribution in [-0.2, 0) is 32.5 Å². The Morgan fingerprint density at radius 3 is 1.68 bits per heavy atom. The Hall–Kier alpha value is -6.56. The number of fused-ring (bicyclic) bond motifs is 10. The molecule has 0 amide bonds. The molecule has 1 aromatic heterocycles. The first-order valence-electron chi connectivity index (χ1n) is 29.1. The lowest BCUT2D eigenvalue weighted by Gasteiger charge is -2.48. The summed E-state index contributed by atoms with van der Waals surface area (Å²) >= 11 is 1.94. The molecule has 0 spiro atoms. The molecule has 14 rings (SSSR count). The summed E-state index contributed by atoms with van der Waals surface area (Å²) in [6, 6.07) is 51.3. The molecule has 7 aromatic carbocycles. The van der Waals surface area contributed by atoms with Gasteiger partial charge in [0.1, 0.15) is 0 Å². The van der Waals surface area contributed by atoms with Crippen LogP contribution in [0.2, 0.25) is 0 Å². The van der Waals surface area contributed by atoms with Crippen LogP contribution >= 0.6 is 11.3 Å². The maximum absolute atomic E-state index is 2.73. The first kappa shape index (κ1) is 49.7. The summed E-state index contributed by atoms with van der Waals surface area (Å²) in [7, 11) is 0. The molecular weight excluding hydrogens is 962 g/mol. The smallest absolute Gasteiger partial charge is 0.252 e. The molecule has 1 atom stereocenters. The van der Waals surface area contributed by atoms with Crippen molar-refractivity contribution in [1.29, 1.82) is 0 Å². The van der Waals surface area contributed by atoms with Crippen LogP contribution < -0.4 is 31.1 Å². The van der Waals surface area contributed by atoms with Crippen molar-refractivity contribution in [3.63, 3.8) is 0 Å². The normalized spacial score (nSPS) is 19.8. The van der Waals surface area contributed by atoms with Gasteiger partial charge in [-0.25, -0.2) is 0 Å². The van der Waals surface area contributed by atoms with E-state index >= 15 is 0 Å². The topological polar surface area (TPSA) is 9.72 Å². The second-order valence-corrected chi connectivity index (χ2v) is 29.8. The zero-order valence-corrected chi connectivity index (χ0v) is 49.5. The Kier molecular flexibility index (Phi) is 10.5. The fourth-order valence-corrected chi connectivity index (χ4v) is 15.7. The van der Waals surface area contributed by atoms with Crippen LogP contribution in [-0.4, -0.2) is 6.71 Å². The fourth-order valence-electron chi connectivity index (χ4n) is 14.5. The third-order valence-corrected chi connectivity index (χ3v) is 20.7. The van der Waals surface area contributed by atoms with Crippen molar-refractivity contribution < 1.29 is 0 Å². The van der Waals surface area contributed by atoms with Gasteiger partial charge in [-0.15, -0.1) is 11.3 Å². The molecule has 0 fully saturated rings. The third-order valence-electron chi connectivity index (χ3n) is 19.6. The van der Waals surface area contributed by atoms with E-state index in [1.165, 1.54) is 140 Å². The fraction of sp³-hybridized carbons (Fsp3) is 0.342. The van der Waals surface area contributed by atoms with Crippen LogP contribution in [0.1, 0.15) is 156 Å². The summed E-state index contributed by atoms with van der Waals surface area (Å²) in [6.07, 6.45) is 13.8. The summed E-state index contributed by atoms with van der Waals surface area (Å²) in [4.78, 5) is 7.96. The Morgan fingerprint density at radius 2 is 1.05 bits per heavy atom. The molecule has 392 valence electrons. The Labute approximate surface area is 469 Å². The van der Waals surface area contributed by atoms with Crippen molar-refractivity contribution in [2.75, 3.05) is 14.7 Å². The summed E-state index contributed by atoms with van der Waals surface area (Å²) < 4.78 is 2.67. The molecule has 6 aliphatic rings. The number of rotatable bonds is 5. The second kappa shape index (κ2) is 16.5. The molecular formula is C73H76BN3S. The molecule has 3 heterocycles. The standard InChI is InChI=1S/C73H76BN3S/c1-68(2,3)44-24-28-50-51-29-25-49(41-65(51)78-64(50)38-44)77-60-40-48(75(46-20-16-15-17-21-46)67-52-22-18-19-23-53(52)67)27-31-58(60)74-59-42-56-57(73(13,14)35-34-72(56,11)12)43-61(59)76(62-36-45(69(4,5)6)37-63(77)66(62)74)47-26-30-54-55(39-47)71(9,10)33-32-70(54,7)8/h15-31,36-43,52H,32-35H2,1-14H3. The van der Waals surface area contributed by atoms with Gasteiger partial charge in [-0.2, -0.15) is 0 Å². The summed E-state index contributed by atoms with van der Waals surface area (Å²) in [5.41, 5.74) is 25.7. The van der Waals surface area contributed by atoms with Gasteiger partial charge in [0.25, 0.3) is 6.71 Å². The first-order valence-corrected chi connectivity index (χ1v) is 29.9. The highest BCUT2D eigenvalue weighted by atomic mass is 32.1. The summed E-state index contributed by atoms with van der Waals surface area (Å²) in [5, 5.41) is 2.66. The van der Waals surface area contributed by atoms with Gasteiger partial charge in [-0.3, -0.25) is 0 Å². The number of thiophene rings is 1. The highest BCUT2D eigenvalue weighted by Crippen LogP contribution is 2.55. The van der Waals surface area contributed by atoms with Gasteiger partial charge in [0, 0.05) is 77.3 Å². The van der Waals surface area contributed by atoms with Crippen LogP contribution in [0.3, 0.4) is 0 Å². The average Bonchev–Trinajstić information content (AvgIpc) is 3.13. The van der Waals surface area contributed by atoms with Gasteiger partial charge < -0.3 is 14.7 Å². The van der Waals surface area contributed by atoms with E-state index in [-0.39, 0.29) is 39.2 Å². The Morgan fingerprint density at radius 1 is 0.487 bits per heavy atom. The maximum atomic E-state index is 2.73. The lowest BCUT2D eigenvalue weighted by molar-refractivity contribution is 0.332. The Bertz CT molecular complexity index is 3970. The van der Waals surface area contributed by atoms with Crippen molar-refractivity contribution >= 4 is 100 Å². The van der Waals surface area contributed by atoms with Gasteiger partial charge in [-0.1, -0.05) is 176 Å². The van der Waals surface area contributed by atoms with Crippen LogP contribution in [0.4, 0.5) is 45.5 Å². The molecule has 5 heteroatoms. The number of hydrogen-bond donors (Lipinski definition) is 0. The largest absolute Gasteiger partial charge is 0.313 e. The van der Waals surface area contributed by atoms with Gasteiger partial charge in [-0.05, 0) is 186 Å². The highest BCUT2D eigenvalue weighted by Gasteiger charge is 2.48. The van der Waals surface area contributed by atoms with Crippen molar-refractivity contribution in [3.05, 3.63) is 196 Å². The summed E-state index contributed by atoms with van der Waals surface area (Å²) in [5.74, 6) is 0.310. The number of hydrogen-bond acceptors (Lipinski definition) is 4. The van der Waals surface area contributed by atoms with E-state index in [4.69, 9.17) is 0 Å². The number of anilines is 8. The van der Waals surface area contributed by atoms with E-state index in [1.807, 2.05) is 11.3 Å². The van der Waals surface area contributed by atoms with Crippen LogP contribution in [0.25, 0.3) is 20.2 Å². The van der Waals surface area contributed by atoms with E-state index in [2.05, 4.69) is 263 Å². The monoisotopic (exact) mass is 1040 g/mol. The molecule has 8 aromatic rings. The lowest BCUT2D eigenvalue weighted by Crippen LogP contribution is -2.62. The minimum absolute atomic E-state index is 0.0137. The molecule has 78 heavy (non-hydrogen) atoms. The quantitative estimate of drug-likeness (QED) is 0.159. The van der Waals surface area contributed by atoms with E-state index < -0.39 is 0 Å². The molecule has 3 nitrogen and oxygen atoms in total. The van der Waals surface area contributed by atoms with Gasteiger partial charge in [0.05, 0.1) is 0 Å². The molecule has 0 N–H and O–H groups in total. The number of para-hydroxylation sites is 1. The third kappa shape index (κ3) is 7.49. The SMILES string of the molecule is CC(C)(C)c1cc2c3c(c1)N(c1ccc4c(c1)C(C)(C)CCC4(C)C)c1cc4c(cc1B3c1ccc(N(C3=C5C=CC=CC53)c3ccccc3)cc1N2c1ccc2c(c1)sc1cc(C(C)(C)C)ccc12)C(C)(C)CCC4(C)C. The zero-order chi connectivity index (χ0) is 54.4. The molecule has 0 bridgehead atoms. The lowest BCUT2D eigenvalue weighted by atomic mass is 9.33. The van der Waals surface area contributed by atoms with Gasteiger partial charge in [0.2, 0.25) is 0 Å². The minimum atomic E-state index is -0.147. The van der Waals surface area contributed by atoms with Gasteiger partial charge >= 0.3 is 0 Å². The van der Waals surface area contributed by atoms with Crippen molar-refractivity contribution in [1.82, 2.24) is 0 Å². The van der Waals surface area contributed by atoms with Gasteiger partial charge in [0.15, 0.2) is 0 Å². The molecule has 1 unspecified atom stereocenters. The van der Waals surface area contributed by atoms with E-state index in [9.17, 15) is 0 Å². The zero-order valence-electron chi connectivity index (χ0n) is 48.7. The number of allylic oxidation sites excluding steroid dienone is 5. The first-order chi connectivity index (χ1) is 36.9. The summed E-state index contributed by atoms with van der Waals surface area (Å²) in [6.45, 7) is 34.1. The molecule has 0 radical (unpaired) electrons. The van der Waals surface area contributed by atoms with Crippen molar-refractivity contribution in [2.24, 2.45) is 5.92 Å².